The van der Waals surface area contributed by atoms with Gasteiger partial charge < -0.3 is 4.90 Å². The Morgan fingerprint density at radius 1 is 1.39 bits per heavy atom. The van der Waals surface area contributed by atoms with E-state index in [1.807, 2.05) is 29.2 Å². The molecule has 3 nitrogen and oxygen atoms in total. The number of carbonyl (C=O) groups excluding carboxylic acids is 1. The molecule has 0 spiro atoms. The number of nitrogens with zero attached hydrogens (tertiary/aromatic N) is 2. The van der Waals surface area contributed by atoms with Crippen molar-refractivity contribution in [1.82, 2.24) is 9.80 Å². The van der Waals surface area contributed by atoms with Crippen LogP contribution in [0.5, 0.6) is 0 Å². The van der Waals surface area contributed by atoms with Crippen LogP contribution < -0.4 is 0 Å². The quantitative estimate of drug-likeness (QED) is 0.838. The maximum absolute atomic E-state index is 12.4. The fourth-order valence-corrected chi connectivity index (χ4v) is 2.91. The normalized spacial score (nSPS) is 21.1. The lowest BCUT2D eigenvalue weighted by Crippen LogP contribution is -2.53. The van der Waals surface area contributed by atoms with E-state index < -0.39 is 0 Å². The molecule has 4 heteroatoms. The number of amides is 1. The van der Waals surface area contributed by atoms with Gasteiger partial charge in [-0.15, -0.1) is 0 Å². The largest absolute Gasteiger partial charge is 0.336 e. The lowest BCUT2D eigenvalue weighted by molar-refractivity contribution is 0.0527. The fourth-order valence-electron chi connectivity index (χ4n) is 2.45. The molecule has 1 amide bonds. The number of likely N-dealkylation sites (N-methyl/N-ethyl adjacent to an activating group) is 1. The van der Waals surface area contributed by atoms with Crippen LogP contribution in [0, 0.1) is 0 Å². The minimum atomic E-state index is 0.130. The zero-order valence-corrected chi connectivity index (χ0v) is 12.5. The summed E-state index contributed by atoms with van der Waals surface area (Å²) in [6, 6.07) is 8.07. The molecule has 0 saturated carbocycles. The summed E-state index contributed by atoms with van der Waals surface area (Å²) < 4.78 is 0.876. The molecule has 0 N–H and O–H groups in total. The number of rotatable bonds is 2. The van der Waals surface area contributed by atoms with Gasteiger partial charge in [0, 0.05) is 30.1 Å². The summed E-state index contributed by atoms with van der Waals surface area (Å²) in [7, 11) is 0. The molecular weight excluding hydrogens is 292 g/mol. The van der Waals surface area contributed by atoms with Crippen LogP contribution in [0.2, 0.25) is 0 Å². The van der Waals surface area contributed by atoms with E-state index in [9.17, 15) is 4.79 Å². The monoisotopic (exact) mass is 310 g/mol. The summed E-state index contributed by atoms with van der Waals surface area (Å²) >= 11 is 3.45. The van der Waals surface area contributed by atoms with E-state index in [0.29, 0.717) is 6.04 Å². The highest BCUT2D eigenvalue weighted by Crippen LogP contribution is 2.19. The Morgan fingerprint density at radius 3 is 2.72 bits per heavy atom. The molecule has 1 atom stereocenters. The molecule has 2 rings (SSSR count). The molecule has 1 aromatic carbocycles. The van der Waals surface area contributed by atoms with Gasteiger partial charge in [0.15, 0.2) is 0 Å². The molecule has 98 valence electrons. The van der Waals surface area contributed by atoms with Crippen LogP contribution in [-0.2, 0) is 0 Å². The first-order valence-corrected chi connectivity index (χ1v) is 7.20. The number of benzene rings is 1. The third-order valence-corrected chi connectivity index (χ3v) is 4.25. The van der Waals surface area contributed by atoms with Crippen molar-refractivity contribution in [2.24, 2.45) is 0 Å². The van der Waals surface area contributed by atoms with E-state index in [2.05, 4.69) is 34.7 Å². The van der Waals surface area contributed by atoms with Crippen molar-refractivity contribution in [2.75, 3.05) is 26.2 Å². The second-order valence-electron chi connectivity index (χ2n) is 4.71. The first kappa shape index (κ1) is 13.6. The van der Waals surface area contributed by atoms with Gasteiger partial charge in [0.1, 0.15) is 0 Å². The summed E-state index contributed by atoms with van der Waals surface area (Å²) in [5.41, 5.74) is 0.759. The van der Waals surface area contributed by atoms with Gasteiger partial charge in [-0.2, -0.15) is 0 Å². The standard InChI is InChI=1S/C14H19BrN2O/c1-3-16-8-9-17(10-11(16)2)14(18)12-6-4-5-7-13(12)15/h4-7,11H,3,8-10H2,1-2H3. The molecule has 0 radical (unpaired) electrons. The molecule has 1 fully saturated rings. The zero-order chi connectivity index (χ0) is 13.1. The van der Waals surface area contributed by atoms with Gasteiger partial charge >= 0.3 is 0 Å². The Kier molecular flexibility index (Phi) is 4.40. The molecular formula is C14H19BrN2O. The minimum Gasteiger partial charge on any atom is -0.336 e. The number of halogens is 1. The van der Waals surface area contributed by atoms with E-state index in [1.54, 1.807) is 0 Å². The molecule has 1 saturated heterocycles. The highest BCUT2D eigenvalue weighted by molar-refractivity contribution is 9.10. The van der Waals surface area contributed by atoms with Crippen LogP contribution in [-0.4, -0.2) is 47.9 Å². The van der Waals surface area contributed by atoms with Gasteiger partial charge in [-0.25, -0.2) is 0 Å². The Hall–Kier alpha value is -0.870. The minimum absolute atomic E-state index is 0.130. The molecule has 1 aliphatic heterocycles. The van der Waals surface area contributed by atoms with Crippen molar-refractivity contribution in [3.05, 3.63) is 34.3 Å². The van der Waals surface area contributed by atoms with Crippen molar-refractivity contribution < 1.29 is 4.79 Å². The van der Waals surface area contributed by atoms with Gasteiger partial charge in [0.2, 0.25) is 0 Å². The molecule has 1 aromatic rings. The zero-order valence-electron chi connectivity index (χ0n) is 10.9. The highest BCUT2D eigenvalue weighted by Gasteiger charge is 2.26. The van der Waals surface area contributed by atoms with Crippen LogP contribution in [0.15, 0.2) is 28.7 Å². The Morgan fingerprint density at radius 2 is 2.11 bits per heavy atom. The van der Waals surface area contributed by atoms with Crippen molar-refractivity contribution in [1.29, 1.82) is 0 Å². The Labute approximate surface area is 117 Å². The van der Waals surface area contributed by atoms with Gasteiger partial charge in [-0.3, -0.25) is 9.69 Å². The van der Waals surface area contributed by atoms with Gasteiger partial charge in [-0.1, -0.05) is 19.1 Å². The lowest BCUT2D eigenvalue weighted by atomic mass is 10.1. The highest BCUT2D eigenvalue weighted by atomic mass is 79.9. The van der Waals surface area contributed by atoms with E-state index >= 15 is 0 Å². The third kappa shape index (κ3) is 2.75. The van der Waals surface area contributed by atoms with Crippen LogP contribution >= 0.6 is 15.9 Å². The number of piperazine rings is 1. The first-order valence-electron chi connectivity index (χ1n) is 6.41. The summed E-state index contributed by atoms with van der Waals surface area (Å²) in [4.78, 5) is 16.8. The van der Waals surface area contributed by atoms with Crippen LogP contribution in [0.25, 0.3) is 0 Å². The van der Waals surface area contributed by atoms with Crippen LogP contribution in [0.3, 0.4) is 0 Å². The van der Waals surface area contributed by atoms with E-state index in [-0.39, 0.29) is 5.91 Å². The van der Waals surface area contributed by atoms with E-state index in [1.165, 1.54) is 0 Å². The number of hydrogen-bond acceptors (Lipinski definition) is 2. The molecule has 1 aliphatic rings. The van der Waals surface area contributed by atoms with Crippen molar-refractivity contribution >= 4 is 21.8 Å². The van der Waals surface area contributed by atoms with Crippen molar-refractivity contribution in [3.63, 3.8) is 0 Å². The Balaban J connectivity index is 2.10. The van der Waals surface area contributed by atoms with Crippen molar-refractivity contribution in [3.8, 4) is 0 Å². The molecule has 0 aliphatic carbocycles. The lowest BCUT2D eigenvalue weighted by Gasteiger charge is -2.39. The smallest absolute Gasteiger partial charge is 0.255 e. The van der Waals surface area contributed by atoms with Gasteiger partial charge in [0.05, 0.1) is 5.56 Å². The molecule has 0 aromatic heterocycles. The predicted octanol–water partition coefficient (Wildman–Crippen LogP) is 2.62. The van der Waals surface area contributed by atoms with Gasteiger partial charge in [-0.05, 0) is 41.5 Å². The Bertz CT molecular complexity index is 436. The van der Waals surface area contributed by atoms with Crippen LogP contribution in [0.1, 0.15) is 24.2 Å². The average molecular weight is 311 g/mol. The molecule has 1 unspecified atom stereocenters. The summed E-state index contributed by atoms with van der Waals surface area (Å²) in [5, 5.41) is 0. The maximum Gasteiger partial charge on any atom is 0.255 e. The predicted molar refractivity (Wildman–Crippen MR) is 76.8 cm³/mol. The fraction of sp³-hybridized carbons (Fsp3) is 0.500. The molecule has 1 heterocycles. The SMILES string of the molecule is CCN1CCN(C(=O)c2ccccc2Br)CC1C. The second-order valence-corrected chi connectivity index (χ2v) is 5.56. The topological polar surface area (TPSA) is 23.6 Å². The maximum atomic E-state index is 12.4. The summed E-state index contributed by atoms with van der Waals surface area (Å²) in [6.45, 7) is 8.00. The molecule has 18 heavy (non-hydrogen) atoms. The van der Waals surface area contributed by atoms with Crippen molar-refractivity contribution in [2.45, 2.75) is 19.9 Å². The summed E-state index contributed by atoms with van der Waals surface area (Å²) in [5.74, 6) is 0.130. The third-order valence-electron chi connectivity index (χ3n) is 3.56. The number of hydrogen-bond donors (Lipinski definition) is 0. The average Bonchev–Trinajstić information content (AvgIpc) is 2.38. The van der Waals surface area contributed by atoms with Gasteiger partial charge in [0.25, 0.3) is 5.91 Å². The number of carbonyl (C=O) groups is 1. The first-order chi connectivity index (χ1) is 8.63. The molecule has 0 bridgehead atoms. The van der Waals surface area contributed by atoms with E-state index in [4.69, 9.17) is 0 Å². The van der Waals surface area contributed by atoms with Crippen LogP contribution in [0.4, 0.5) is 0 Å². The summed E-state index contributed by atoms with van der Waals surface area (Å²) in [6.07, 6.45) is 0. The second kappa shape index (κ2) is 5.85. The van der Waals surface area contributed by atoms with E-state index in [0.717, 1.165) is 36.2 Å².